The van der Waals surface area contributed by atoms with Gasteiger partial charge in [-0.1, -0.05) is 30.3 Å². The van der Waals surface area contributed by atoms with E-state index in [-0.39, 0.29) is 6.04 Å². The van der Waals surface area contributed by atoms with Crippen LogP contribution in [-0.2, 0) is 25.8 Å². The number of aliphatic hydroxyl groups is 1. The second-order valence-electron chi connectivity index (χ2n) is 8.28. The summed E-state index contributed by atoms with van der Waals surface area (Å²) >= 11 is 0. The van der Waals surface area contributed by atoms with Gasteiger partial charge in [-0.15, -0.1) is 0 Å². The monoisotopic (exact) mass is 421 g/mol. The molecule has 166 valence electrons. The first-order valence-electron chi connectivity index (χ1n) is 10.6. The lowest BCUT2D eigenvalue weighted by Gasteiger charge is -2.37. The smallest absolute Gasteiger partial charge is 0.338 e. The SMILES string of the molecule is O=C(O)C(O)C(ON1CCC[C@@H]1C1CCC(COCc2ccccc2)CC1)C(=O)O. The first kappa shape index (κ1) is 22.7. The summed E-state index contributed by atoms with van der Waals surface area (Å²) in [5.41, 5.74) is 1.17. The van der Waals surface area contributed by atoms with Crippen molar-refractivity contribution in [1.29, 1.82) is 0 Å². The molecule has 0 bridgehead atoms. The maximum Gasteiger partial charge on any atom is 0.338 e. The number of hydroxylamine groups is 2. The van der Waals surface area contributed by atoms with Crippen LogP contribution >= 0.6 is 0 Å². The van der Waals surface area contributed by atoms with Crippen molar-refractivity contribution in [2.45, 2.75) is 63.4 Å². The minimum atomic E-state index is -2.10. The minimum absolute atomic E-state index is 0.0547. The maximum atomic E-state index is 11.4. The molecule has 0 aromatic heterocycles. The van der Waals surface area contributed by atoms with E-state index in [1.165, 1.54) is 5.56 Å². The van der Waals surface area contributed by atoms with Crippen LogP contribution in [0.2, 0.25) is 0 Å². The number of carbonyl (C=O) groups is 2. The van der Waals surface area contributed by atoms with E-state index in [0.717, 1.165) is 45.1 Å². The summed E-state index contributed by atoms with van der Waals surface area (Å²) in [6, 6.07) is 10.2. The van der Waals surface area contributed by atoms with Crippen LogP contribution in [0.25, 0.3) is 0 Å². The zero-order valence-corrected chi connectivity index (χ0v) is 17.1. The Hall–Kier alpha value is -2.00. The highest BCUT2D eigenvalue weighted by atomic mass is 16.7. The zero-order chi connectivity index (χ0) is 21.5. The predicted octanol–water partition coefficient (Wildman–Crippen LogP) is 2.30. The fourth-order valence-electron chi connectivity index (χ4n) is 4.54. The Bertz CT molecular complexity index is 690. The van der Waals surface area contributed by atoms with Crippen molar-refractivity contribution in [3.8, 4) is 0 Å². The predicted molar refractivity (Wildman–Crippen MR) is 107 cm³/mol. The molecule has 0 amide bonds. The third kappa shape index (κ3) is 6.01. The largest absolute Gasteiger partial charge is 0.479 e. The standard InChI is InChI=1S/C22H31NO7/c24-19(21(25)26)20(22(27)28)30-23-12-4-7-18(23)17-10-8-16(9-11-17)14-29-13-15-5-2-1-3-6-15/h1-3,5-6,16-20,24H,4,7-14H2,(H,25,26)(H,27,28)/t16?,17?,18-,19?,20?/m1/s1. The second-order valence-corrected chi connectivity index (χ2v) is 8.28. The number of rotatable bonds is 10. The molecule has 1 saturated heterocycles. The van der Waals surface area contributed by atoms with E-state index in [4.69, 9.17) is 14.7 Å². The molecule has 8 nitrogen and oxygen atoms in total. The minimum Gasteiger partial charge on any atom is -0.479 e. The van der Waals surface area contributed by atoms with E-state index in [9.17, 15) is 19.8 Å². The van der Waals surface area contributed by atoms with E-state index >= 15 is 0 Å². The summed E-state index contributed by atoms with van der Waals surface area (Å²) in [7, 11) is 0. The molecule has 3 atom stereocenters. The molecular formula is C22H31NO7. The summed E-state index contributed by atoms with van der Waals surface area (Å²) in [5.74, 6) is -2.19. The number of ether oxygens (including phenoxy) is 1. The highest BCUT2D eigenvalue weighted by molar-refractivity contribution is 5.83. The van der Waals surface area contributed by atoms with Crippen molar-refractivity contribution in [3.05, 3.63) is 35.9 Å². The highest BCUT2D eigenvalue weighted by Crippen LogP contribution is 2.37. The normalized spacial score (nSPS) is 26.9. The third-order valence-electron chi connectivity index (χ3n) is 6.18. The van der Waals surface area contributed by atoms with E-state index in [1.54, 1.807) is 5.06 Å². The van der Waals surface area contributed by atoms with E-state index in [0.29, 0.717) is 25.0 Å². The number of carboxylic acids is 2. The zero-order valence-electron chi connectivity index (χ0n) is 17.1. The van der Waals surface area contributed by atoms with Gasteiger partial charge in [-0.3, -0.25) is 4.84 Å². The molecule has 2 unspecified atom stereocenters. The van der Waals surface area contributed by atoms with Gasteiger partial charge in [0.15, 0.2) is 6.10 Å². The van der Waals surface area contributed by atoms with Crippen LogP contribution in [0, 0.1) is 11.8 Å². The van der Waals surface area contributed by atoms with Crippen molar-refractivity contribution in [1.82, 2.24) is 5.06 Å². The Labute approximate surface area is 176 Å². The lowest BCUT2D eigenvalue weighted by atomic mass is 9.78. The Morgan fingerprint density at radius 3 is 2.37 bits per heavy atom. The Kier molecular flexibility index (Phi) is 8.21. The van der Waals surface area contributed by atoms with Gasteiger partial charge in [0, 0.05) is 19.2 Å². The van der Waals surface area contributed by atoms with Crippen molar-refractivity contribution in [2.75, 3.05) is 13.2 Å². The quantitative estimate of drug-likeness (QED) is 0.527. The Morgan fingerprint density at radius 2 is 1.73 bits per heavy atom. The molecule has 3 N–H and O–H groups in total. The first-order valence-corrected chi connectivity index (χ1v) is 10.6. The van der Waals surface area contributed by atoms with Gasteiger partial charge in [0.05, 0.1) is 6.61 Å². The number of benzene rings is 1. The fourth-order valence-corrected chi connectivity index (χ4v) is 4.54. The molecule has 1 aliphatic heterocycles. The summed E-state index contributed by atoms with van der Waals surface area (Å²) < 4.78 is 5.89. The van der Waals surface area contributed by atoms with Crippen LogP contribution in [0.4, 0.5) is 0 Å². The molecule has 30 heavy (non-hydrogen) atoms. The number of carboxylic acid groups (broad SMARTS) is 2. The molecular weight excluding hydrogens is 390 g/mol. The number of hydrogen-bond acceptors (Lipinski definition) is 6. The first-order chi connectivity index (χ1) is 14.5. The Morgan fingerprint density at radius 1 is 1.03 bits per heavy atom. The van der Waals surface area contributed by atoms with Crippen molar-refractivity contribution >= 4 is 11.9 Å². The molecule has 8 heteroatoms. The summed E-state index contributed by atoms with van der Waals surface area (Å²) in [6.07, 6.45) is 1.95. The van der Waals surface area contributed by atoms with Gasteiger partial charge in [0.2, 0.25) is 6.10 Å². The van der Waals surface area contributed by atoms with Gasteiger partial charge in [0.1, 0.15) is 0 Å². The number of nitrogens with zero attached hydrogens (tertiary/aromatic N) is 1. The third-order valence-corrected chi connectivity index (χ3v) is 6.18. The second kappa shape index (κ2) is 10.9. The van der Waals surface area contributed by atoms with Gasteiger partial charge >= 0.3 is 11.9 Å². The molecule has 2 fully saturated rings. The molecule has 0 radical (unpaired) electrons. The van der Waals surface area contributed by atoms with Gasteiger partial charge in [-0.25, -0.2) is 9.59 Å². The number of hydrogen-bond donors (Lipinski definition) is 3. The van der Waals surface area contributed by atoms with Crippen LogP contribution in [-0.4, -0.2) is 63.7 Å². The van der Waals surface area contributed by atoms with Crippen molar-refractivity contribution in [2.24, 2.45) is 11.8 Å². The molecule has 1 aromatic carbocycles. The topological polar surface area (TPSA) is 117 Å². The summed E-state index contributed by atoms with van der Waals surface area (Å²) in [5, 5.41) is 29.5. The molecule has 3 rings (SSSR count). The molecule has 1 aromatic rings. The van der Waals surface area contributed by atoms with Crippen LogP contribution in [0.3, 0.4) is 0 Å². The number of aliphatic carboxylic acids is 2. The molecule has 1 heterocycles. The van der Waals surface area contributed by atoms with Crippen molar-refractivity contribution < 1.29 is 34.5 Å². The van der Waals surface area contributed by atoms with E-state index < -0.39 is 24.1 Å². The van der Waals surface area contributed by atoms with Gasteiger partial charge in [-0.05, 0) is 55.9 Å². The lowest BCUT2D eigenvalue weighted by Crippen LogP contribution is -2.48. The van der Waals surface area contributed by atoms with E-state index in [2.05, 4.69) is 12.1 Å². The molecule has 1 saturated carbocycles. The van der Waals surface area contributed by atoms with Gasteiger partial charge < -0.3 is 20.1 Å². The maximum absolute atomic E-state index is 11.4. The van der Waals surface area contributed by atoms with E-state index in [1.807, 2.05) is 18.2 Å². The summed E-state index contributed by atoms with van der Waals surface area (Å²) in [4.78, 5) is 27.8. The fraction of sp³-hybridized carbons (Fsp3) is 0.636. The van der Waals surface area contributed by atoms with Crippen LogP contribution < -0.4 is 0 Å². The average molecular weight is 421 g/mol. The van der Waals surface area contributed by atoms with Crippen molar-refractivity contribution in [3.63, 3.8) is 0 Å². The van der Waals surface area contributed by atoms with Crippen LogP contribution in [0.5, 0.6) is 0 Å². The highest BCUT2D eigenvalue weighted by Gasteiger charge is 2.41. The van der Waals surface area contributed by atoms with Gasteiger partial charge in [0.25, 0.3) is 0 Å². The lowest BCUT2D eigenvalue weighted by molar-refractivity contribution is -0.242. The summed E-state index contributed by atoms with van der Waals surface area (Å²) in [6.45, 7) is 1.90. The van der Waals surface area contributed by atoms with Crippen LogP contribution in [0.15, 0.2) is 30.3 Å². The average Bonchev–Trinajstić information content (AvgIpc) is 3.21. The molecule has 2 aliphatic rings. The molecule has 0 spiro atoms. The Balaban J connectivity index is 1.46. The van der Waals surface area contributed by atoms with Crippen LogP contribution in [0.1, 0.15) is 44.1 Å². The number of aliphatic hydroxyl groups excluding tert-OH is 1. The molecule has 1 aliphatic carbocycles. The van der Waals surface area contributed by atoms with Gasteiger partial charge in [-0.2, -0.15) is 5.06 Å².